The van der Waals surface area contributed by atoms with Gasteiger partial charge >= 0.3 is 0 Å². The topological polar surface area (TPSA) is 81.8 Å². The van der Waals surface area contributed by atoms with Gasteiger partial charge in [-0.05, 0) is 35.0 Å². The Morgan fingerprint density at radius 3 is 2.54 bits per heavy atom. The maximum Gasteiger partial charge on any atom is 0.267 e. The predicted octanol–water partition coefficient (Wildman–Crippen LogP) is 4.67. The van der Waals surface area contributed by atoms with Crippen molar-refractivity contribution in [3.8, 4) is 22.5 Å². The monoisotopic (exact) mass is 479 g/mol. The summed E-state index contributed by atoms with van der Waals surface area (Å²) in [7, 11) is 0. The summed E-state index contributed by atoms with van der Waals surface area (Å²) in [5.41, 5.74) is 3.76. The van der Waals surface area contributed by atoms with Crippen molar-refractivity contribution in [3.05, 3.63) is 95.4 Å². The first-order valence-corrected chi connectivity index (χ1v) is 12.3. The number of benzene rings is 3. The number of aromatic nitrogens is 4. The van der Waals surface area contributed by atoms with Gasteiger partial charge in [-0.25, -0.2) is 9.67 Å². The minimum atomic E-state index is -0.328. The molecule has 0 saturated carbocycles. The SMILES string of the molecule is O=C(Cn1nc(-c2ccc3ccccc3c2)ccc1=O)Nc1ccc(-c2cn3c(n2)SCC3)cc1. The van der Waals surface area contributed by atoms with E-state index >= 15 is 0 Å². The largest absolute Gasteiger partial charge is 0.325 e. The van der Waals surface area contributed by atoms with E-state index in [0.29, 0.717) is 11.4 Å². The Labute approximate surface area is 205 Å². The van der Waals surface area contributed by atoms with Crippen molar-refractivity contribution in [3.63, 3.8) is 0 Å². The Bertz CT molecular complexity index is 1600. The average molecular weight is 480 g/mol. The number of thioether (sulfide) groups is 1. The highest BCUT2D eigenvalue weighted by atomic mass is 32.2. The van der Waals surface area contributed by atoms with Gasteiger partial charge in [-0.3, -0.25) is 9.59 Å². The number of nitrogens with zero attached hydrogens (tertiary/aromatic N) is 4. The maximum atomic E-state index is 12.7. The van der Waals surface area contributed by atoms with Gasteiger partial charge < -0.3 is 9.88 Å². The van der Waals surface area contributed by atoms with Crippen LogP contribution in [0.4, 0.5) is 5.69 Å². The molecule has 1 amide bonds. The quantitative estimate of drug-likeness (QED) is 0.396. The fraction of sp³-hybridized carbons (Fsp3) is 0.111. The van der Waals surface area contributed by atoms with Crippen molar-refractivity contribution < 1.29 is 4.79 Å². The first-order valence-electron chi connectivity index (χ1n) is 11.3. The lowest BCUT2D eigenvalue weighted by atomic mass is 10.1. The molecule has 6 rings (SSSR count). The van der Waals surface area contributed by atoms with Gasteiger partial charge in [-0.15, -0.1) is 0 Å². The van der Waals surface area contributed by atoms with E-state index in [2.05, 4.69) is 26.2 Å². The number of carbonyl (C=O) groups excluding carboxylic acids is 1. The molecule has 0 saturated heterocycles. The number of imidazole rings is 1. The summed E-state index contributed by atoms with van der Waals surface area (Å²) < 4.78 is 3.35. The Morgan fingerprint density at radius 2 is 1.71 bits per heavy atom. The lowest BCUT2D eigenvalue weighted by molar-refractivity contribution is -0.117. The number of hydrogen-bond acceptors (Lipinski definition) is 5. The molecule has 0 spiro atoms. The molecule has 0 fully saturated rings. The van der Waals surface area contributed by atoms with Crippen molar-refractivity contribution >= 4 is 34.1 Å². The van der Waals surface area contributed by atoms with E-state index in [1.807, 2.05) is 66.7 Å². The van der Waals surface area contributed by atoms with Crippen LogP contribution < -0.4 is 10.9 Å². The predicted molar refractivity (Wildman–Crippen MR) is 138 cm³/mol. The third kappa shape index (κ3) is 4.36. The minimum absolute atomic E-state index is 0.174. The highest BCUT2D eigenvalue weighted by molar-refractivity contribution is 7.99. The summed E-state index contributed by atoms with van der Waals surface area (Å²) in [4.78, 5) is 29.7. The molecule has 8 heteroatoms. The maximum absolute atomic E-state index is 12.7. The lowest BCUT2D eigenvalue weighted by Crippen LogP contribution is -2.29. The van der Waals surface area contributed by atoms with E-state index in [-0.39, 0.29) is 18.0 Å². The summed E-state index contributed by atoms with van der Waals surface area (Å²) in [5, 5.41) is 10.6. The van der Waals surface area contributed by atoms with Crippen LogP contribution >= 0.6 is 11.8 Å². The Balaban J connectivity index is 1.17. The van der Waals surface area contributed by atoms with E-state index in [1.165, 1.54) is 10.7 Å². The van der Waals surface area contributed by atoms with Crippen molar-refractivity contribution in [2.75, 3.05) is 11.1 Å². The van der Waals surface area contributed by atoms with Crippen molar-refractivity contribution in [1.29, 1.82) is 0 Å². The van der Waals surface area contributed by atoms with Crippen molar-refractivity contribution in [2.24, 2.45) is 0 Å². The molecule has 3 heterocycles. The fourth-order valence-electron chi connectivity index (χ4n) is 4.17. The van der Waals surface area contributed by atoms with Crippen LogP contribution in [0.5, 0.6) is 0 Å². The number of amides is 1. The van der Waals surface area contributed by atoms with Gasteiger partial charge in [-0.1, -0.05) is 60.3 Å². The van der Waals surface area contributed by atoms with Crippen LogP contribution in [0.25, 0.3) is 33.3 Å². The third-order valence-corrected chi connectivity index (χ3v) is 6.94. The van der Waals surface area contributed by atoms with E-state index < -0.39 is 0 Å². The highest BCUT2D eigenvalue weighted by Gasteiger charge is 2.15. The first kappa shape index (κ1) is 21.4. The number of rotatable bonds is 5. The molecule has 0 unspecified atom stereocenters. The summed E-state index contributed by atoms with van der Waals surface area (Å²) >= 11 is 1.76. The molecule has 0 bridgehead atoms. The number of anilines is 1. The molecule has 3 aromatic carbocycles. The number of aryl methyl sites for hydroxylation is 1. The van der Waals surface area contributed by atoms with Gasteiger partial charge in [-0.2, -0.15) is 5.10 Å². The van der Waals surface area contributed by atoms with Crippen LogP contribution in [0, 0.1) is 0 Å². The zero-order chi connectivity index (χ0) is 23.8. The minimum Gasteiger partial charge on any atom is -0.325 e. The Morgan fingerprint density at radius 1 is 0.914 bits per heavy atom. The lowest BCUT2D eigenvalue weighted by Gasteiger charge is -2.09. The Kier molecular flexibility index (Phi) is 5.42. The molecule has 5 aromatic rings. The van der Waals surface area contributed by atoms with Gasteiger partial charge in [0, 0.05) is 41.4 Å². The van der Waals surface area contributed by atoms with Gasteiger partial charge in [0.05, 0.1) is 11.4 Å². The second kappa shape index (κ2) is 8.88. The van der Waals surface area contributed by atoms with Gasteiger partial charge in [0.1, 0.15) is 6.54 Å². The van der Waals surface area contributed by atoms with Crippen LogP contribution in [-0.4, -0.2) is 31.0 Å². The average Bonchev–Trinajstić information content (AvgIpc) is 3.48. The van der Waals surface area contributed by atoms with E-state index in [0.717, 1.165) is 45.0 Å². The van der Waals surface area contributed by atoms with Crippen molar-refractivity contribution in [2.45, 2.75) is 18.2 Å². The standard InChI is InChI=1S/C27H21N5O2S/c33-25(28-22-9-7-19(8-10-22)24-16-31-13-14-35-27(31)29-24)17-32-26(34)12-11-23(30-32)21-6-5-18-3-1-2-4-20(18)15-21/h1-12,15-16H,13-14,17H2,(H,28,33). The second-order valence-electron chi connectivity index (χ2n) is 8.35. The summed E-state index contributed by atoms with van der Waals surface area (Å²) in [5.74, 6) is 0.747. The molecular weight excluding hydrogens is 458 g/mol. The van der Waals surface area contributed by atoms with Crippen LogP contribution in [-0.2, 0) is 17.9 Å². The zero-order valence-corrected chi connectivity index (χ0v) is 19.5. The fourth-order valence-corrected chi connectivity index (χ4v) is 5.12. The first-order chi connectivity index (χ1) is 17.1. The molecule has 0 aliphatic carbocycles. The molecule has 172 valence electrons. The van der Waals surface area contributed by atoms with Gasteiger partial charge in [0.2, 0.25) is 5.91 Å². The molecule has 2 aromatic heterocycles. The number of fused-ring (bicyclic) bond motifs is 2. The van der Waals surface area contributed by atoms with E-state index in [4.69, 9.17) is 0 Å². The zero-order valence-electron chi connectivity index (χ0n) is 18.7. The molecule has 7 nitrogen and oxygen atoms in total. The molecule has 0 atom stereocenters. The summed E-state index contributed by atoms with van der Waals surface area (Å²) in [6.45, 7) is 0.809. The smallest absolute Gasteiger partial charge is 0.267 e. The summed E-state index contributed by atoms with van der Waals surface area (Å²) in [6.07, 6.45) is 2.06. The van der Waals surface area contributed by atoms with Crippen LogP contribution in [0.1, 0.15) is 0 Å². The Hall–Kier alpha value is -4.17. The van der Waals surface area contributed by atoms with Crippen LogP contribution in [0.2, 0.25) is 0 Å². The van der Waals surface area contributed by atoms with E-state index in [9.17, 15) is 9.59 Å². The number of nitrogens with one attached hydrogen (secondary N) is 1. The van der Waals surface area contributed by atoms with Crippen LogP contribution in [0.15, 0.2) is 95.0 Å². The molecule has 35 heavy (non-hydrogen) atoms. The second-order valence-corrected chi connectivity index (χ2v) is 9.41. The number of hydrogen-bond donors (Lipinski definition) is 1. The van der Waals surface area contributed by atoms with Gasteiger partial charge in [0.25, 0.3) is 5.56 Å². The molecular formula is C27H21N5O2S. The normalized spacial score (nSPS) is 12.6. The van der Waals surface area contributed by atoms with E-state index in [1.54, 1.807) is 17.8 Å². The highest BCUT2D eigenvalue weighted by Crippen LogP contribution is 2.29. The molecule has 1 aliphatic heterocycles. The van der Waals surface area contributed by atoms with Gasteiger partial charge in [0.15, 0.2) is 5.16 Å². The van der Waals surface area contributed by atoms with Crippen LogP contribution in [0.3, 0.4) is 0 Å². The number of carbonyl (C=O) groups is 1. The molecule has 1 aliphatic rings. The molecule has 1 N–H and O–H groups in total. The summed E-state index contributed by atoms with van der Waals surface area (Å²) in [6, 6.07) is 24.8. The molecule has 0 radical (unpaired) electrons. The third-order valence-electron chi connectivity index (χ3n) is 5.97. The van der Waals surface area contributed by atoms with Crippen molar-refractivity contribution in [1.82, 2.24) is 19.3 Å².